The minimum atomic E-state index is 0.490. The smallest absolute Gasteiger partial charge is 0.123 e. The zero-order valence-electron chi connectivity index (χ0n) is 7.40. The van der Waals surface area contributed by atoms with Crippen LogP contribution in [0.1, 0.15) is 5.69 Å². The normalized spacial score (nSPS) is 10.4. The van der Waals surface area contributed by atoms with Gasteiger partial charge in [-0.2, -0.15) is 0 Å². The molecule has 72 valence electrons. The second-order valence-electron chi connectivity index (χ2n) is 2.86. The van der Waals surface area contributed by atoms with Gasteiger partial charge in [0.1, 0.15) is 5.01 Å². The molecular weight excluding hydrogens is 216 g/mol. The molecule has 0 spiro atoms. The van der Waals surface area contributed by atoms with Crippen LogP contribution in [0.25, 0.3) is 10.6 Å². The summed E-state index contributed by atoms with van der Waals surface area (Å²) in [5.74, 6) is 0. The number of hydrogen-bond acceptors (Lipinski definition) is 3. The average molecular weight is 225 g/mol. The molecule has 2 rings (SSSR count). The van der Waals surface area contributed by atoms with E-state index in [1.165, 1.54) is 0 Å². The van der Waals surface area contributed by atoms with Crippen molar-refractivity contribution < 1.29 is 0 Å². The van der Waals surface area contributed by atoms with Crippen LogP contribution < -0.4 is 5.73 Å². The van der Waals surface area contributed by atoms with Crippen LogP contribution in [0.4, 0.5) is 0 Å². The maximum absolute atomic E-state index is 5.79. The van der Waals surface area contributed by atoms with Crippen LogP contribution in [0.2, 0.25) is 5.02 Å². The van der Waals surface area contributed by atoms with Gasteiger partial charge in [-0.3, -0.25) is 0 Å². The van der Waals surface area contributed by atoms with E-state index in [2.05, 4.69) is 4.98 Å². The van der Waals surface area contributed by atoms with Gasteiger partial charge in [0.25, 0.3) is 0 Å². The van der Waals surface area contributed by atoms with Gasteiger partial charge in [-0.1, -0.05) is 23.7 Å². The van der Waals surface area contributed by atoms with Crippen LogP contribution in [0.15, 0.2) is 29.6 Å². The average Bonchev–Trinajstić information content (AvgIpc) is 2.67. The lowest BCUT2D eigenvalue weighted by molar-refractivity contribution is 1.01. The molecule has 2 nitrogen and oxygen atoms in total. The summed E-state index contributed by atoms with van der Waals surface area (Å²) in [6, 6.07) is 7.64. The predicted octanol–water partition coefficient (Wildman–Crippen LogP) is 2.92. The second kappa shape index (κ2) is 4.09. The SMILES string of the molecule is NCc1csc(-c2ccc(Cl)cc2)n1. The molecule has 1 aromatic carbocycles. The molecule has 1 aromatic heterocycles. The molecule has 0 fully saturated rings. The fourth-order valence-electron chi connectivity index (χ4n) is 1.13. The quantitative estimate of drug-likeness (QED) is 0.852. The number of benzene rings is 1. The molecule has 0 bridgehead atoms. The van der Waals surface area contributed by atoms with Crippen molar-refractivity contribution in [2.75, 3.05) is 0 Å². The minimum Gasteiger partial charge on any atom is -0.325 e. The second-order valence-corrected chi connectivity index (χ2v) is 4.15. The lowest BCUT2D eigenvalue weighted by Crippen LogP contribution is -1.95. The topological polar surface area (TPSA) is 38.9 Å². The Morgan fingerprint density at radius 1 is 1.29 bits per heavy atom. The molecule has 0 atom stereocenters. The third-order valence-electron chi connectivity index (χ3n) is 1.85. The molecule has 2 N–H and O–H groups in total. The maximum atomic E-state index is 5.79. The highest BCUT2D eigenvalue weighted by atomic mass is 35.5. The Morgan fingerprint density at radius 2 is 2.00 bits per heavy atom. The Bertz CT molecular complexity index is 422. The number of hydrogen-bond donors (Lipinski definition) is 1. The predicted molar refractivity (Wildman–Crippen MR) is 60.5 cm³/mol. The highest BCUT2D eigenvalue weighted by molar-refractivity contribution is 7.13. The van der Waals surface area contributed by atoms with Crippen molar-refractivity contribution in [1.29, 1.82) is 0 Å². The number of nitrogens with two attached hydrogens (primary N) is 1. The van der Waals surface area contributed by atoms with Crippen LogP contribution >= 0.6 is 22.9 Å². The molecule has 0 radical (unpaired) electrons. The van der Waals surface area contributed by atoms with Gasteiger partial charge in [0.05, 0.1) is 5.69 Å². The molecular formula is C10H9ClN2S. The van der Waals surface area contributed by atoms with Gasteiger partial charge in [-0.25, -0.2) is 4.98 Å². The monoisotopic (exact) mass is 224 g/mol. The van der Waals surface area contributed by atoms with Gasteiger partial charge in [-0.15, -0.1) is 11.3 Å². The highest BCUT2D eigenvalue weighted by Gasteiger charge is 2.02. The van der Waals surface area contributed by atoms with Crippen LogP contribution in [-0.4, -0.2) is 4.98 Å². The molecule has 1 heterocycles. The van der Waals surface area contributed by atoms with Crippen molar-refractivity contribution >= 4 is 22.9 Å². The molecule has 2 aromatic rings. The Morgan fingerprint density at radius 3 is 2.57 bits per heavy atom. The minimum absolute atomic E-state index is 0.490. The van der Waals surface area contributed by atoms with Crippen molar-refractivity contribution in [1.82, 2.24) is 4.98 Å². The first-order valence-corrected chi connectivity index (χ1v) is 5.46. The fourth-order valence-corrected chi connectivity index (χ4v) is 2.09. The van der Waals surface area contributed by atoms with E-state index >= 15 is 0 Å². The fraction of sp³-hybridized carbons (Fsp3) is 0.100. The Labute approximate surface area is 91.4 Å². The first kappa shape index (κ1) is 9.65. The number of aromatic nitrogens is 1. The summed E-state index contributed by atoms with van der Waals surface area (Å²) in [6.07, 6.45) is 0. The van der Waals surface area contributed by atoms with Gasteiger partial charge >= 0.3 is 0 Å². The van der Waals surface area contributed by atoms with E-state index in [1.54, 1.807) is 11.3 Å². The lowest BCUT2D eigenvalue weighted by Gasteiger charge is -1.95. The summed E-state index contributed by atoms with van der Waals surface area (Å²) < 4.78 is 0. The highest BCUT2D eigenvalue weighted by Crippen LogP contribution is 2.24. The van der Waals surface area contributed by atoms with Gasteiger partial charge in [0.15, 0.2) is 0 Å². The summed E-state index contributed by atoms with van der Waals surface area (Å²) in [4.78, 5) is 4.38. The van der Waals surface area contributed by atoms with E-state index in [-0.39, 0.29) is 0 Å². The standard InChI is InChI=1S/C10H9ClN2S/c11-8-3-1-7(2-4-8)10-13-9(5-12)6-14-10/h1-4,6H,5,12H2. The molecule has 14 heavy (non-hydrogen) atoms. The van der Waals surface area contributed by atoms with Gasteiger partial charge in [-0.05, 0) is 12.1 Å². The van der Waals surface area contributed by atoms with Crippen molar-refractivity contribution in [3.8, 4) is 10.6 Å². The summed E-state index contributed by atoms with van der Waals surface area (Å²) >= 11 is 7.39. The molecule has 0 unspecified atom stereocenters. The number of halogens is 1. The summed E-state index contributed by atoms with van der Waals surface area (Å²) in [5.41, 5.74) is 7.50. The zero-order valence-corrected chi connectivity index (χ0v) is 8.98. The van der Waals surface area contributed by atoms with Gasteiger partial charge in [0.2, 0.25) is 0 Å². The van der Waals surface area contributed by atoms with Crippen LogP contribution in [0, 0.1) is 0 Å². The molecule has 4 heteroatoms. The van der Waals surface area contributed by atoms with E-state index in [1.807, 2.05) is 29.6 Å². The van der Waals surface area contributed by atoms with Crippen molar-refractivity contribution in [3.63, 3.8) is 0 Å². The van der Waals surface area contributed by atoms with Crippen molar-refractivity contribution in [2.45, 2.75) is 6.54 Å². The van der Waals surface area contributed by atoms with Crippen molar-refractivity contribution in [2.24, 2.45) is 5.73 Å². The Hall–Kier alpha value is -0.900. The van der Waals surface area contributed by atoms with Crippen LogP contribution in [0.3, 0.4) is 0 Å². The molecule has 0 aliphatic rings. The number of nitrogens with zero attached hydrogens (tertiary/aromatic N) is 1. The van der Waals surface area contributed by atoms with E-state index in [0.29, 0.717) is 6.54 Å². The van der Waals surface area contributed by atoms with Crippen LogP contribution in [-0.2, 0) is 6.54 Å². The van der Waals surface area contributed by atoms with E-state index in [0.717, 1.165) is 21.3 Å². The third kappa shape index (κ3) is 1.95. The number of rotatable bonds is 2. The Balaban J connectivity index is 2.34. The molecule has 0 amide bonds. The number of thiazole rings is 1. The van der Waals surface area contributed by atoms with Gasteiger partial charge < -0.3 is 5.73 Å². The molecule has 0 aliphatic carbocycles. The van der Waals surface area contributed by atoms with Crippen molar-refractivity contribution in [3.05, 3.63) is 40.4 Å². The molecule has 0 aliphatic heterocycles. The third-order valence-corrected chi connectivity index (χ3v) is 3.04. The lowest BCUT2D eigenvalue weighted by atomic mass is 10.2. The van der Waals surface area contributed by atoms with E-state index in [4.69, 9.17) is 17.3 Å². The largest absolute Gasteiger partial charge is 0.325 e. The van der Waals surface area contributed by atoms with Gasteiger partial charge in [0, 0.05) is 22.5 Å². The summed E-state index contributed by atoms with van der Waals surface area (Å²) in [5, 5.41) is 3.70. The van der Waals surface area contributed by atoms with E-state index < -0.39 is 0 Å². The summed E-state index contributed by atoms with van der Waals surface area (Å²) in [6.45, 7) is 0.490. The maximum Gasteiger partial charge on any atom is 0.123 e. The molecule has 0 saturated carbocycles. The first-order valence-electron chi connectivity index (χ1n) is 4.20. The van der Waals surface area contributed by atoms with E-state index in [9.17, 15) is 0 Å². The Kier molecular flexibility index (Phi) is 2.82. The zero-order chi connectivity index (χ0) is 9.97. The van der Waals surface area contributed by atoms with Crippen LogP contribution in [0.5, 0.6) is 0 Å². The summed E-state index contributed by atoms with van der Waals surface area (Å²) in [7, 11) is 0. The molecule has 0 saturated heterocycles. The first-order chi connectivity index (χ1) is 6.79.